The van der Waals surface area contributed by atoms with E-state index in [9.17, 15) is 18.0 Å². The molecule has 25 heavy (non-hydrogen) atoms. The van der Waals surface area contributed by atoms with Crippen molar-refractivity contribution in [1.82, 2.24) is 9.38 Å². The molecule has 9 heteroatoms. The zero-order chi connectivity index (χ0) is 18.2. The van der Waals surface area contributed by atoms with Gasteiger partial charge in [0.15, 0.2) is 0 Å². The van der Waals surface area contributed by atoms with Crippen molar-refractivity contribution in [3.8, 4) is 11.3 Å². The van der Waals surface area contributed by atoms with Gasteiger partial charge in [0, 0.05) is 27.3 Å². The number of carbonyl (C=O) groups excluding carboxylic acids is 1. The molecule has 0 N–H and O–H groups in total. The van der Waals surface area contributed by atoms with Gasteiger partial charge in [-0.25, -0.2) is 9.78 Å². The van der Waals surface area contributed by atoms with Crippen LogP contribution in [0.3, 0.4) is 0 Å². The van der Waals surface area contributed by atoms with Crippen LogP contribution in [0.15, 0.2) is 47.1 Å². The van der Waals surface area contributed by atoms with Gasteiger partial charge in [0.2, 0.25) is 0 Å². The minimum Gasteiger partial charge on any atom is -0.453 e. The lowest BCUT2D eigenvalue weighted by atomic mass is 10.1. The van der Waals surface area contributed by atoms with Crippen LogP contribution in [0.4, 0.5) is 13.2 Å². The van der Waals surface area contributed by atoms with Gasteiger partial charge < -0.3 is 4.74 Å². The third-order valence-electron chi connectivity index (χ3n) is 3.38. The number of alkyl halides is 3. The largest absolute Gasteiger partial charge is 0.490 e. The second-order valence-electron chi connectivity index (χ2n) is 5.06. The summed E-state index contributed by atoms with van der Waals surface area (Å²) in [4.78, 5) is 15.4. The average Bonchev–Trinajstić information content (AvgIpc) is 2.89. The Balaban J connectivity index is 2.06. The minimum atomic E-state index is -5.05. The van der Waals surface area contributed by atoms with E-state index in [-0.39, 0.29) is 0 Å². The van der Waals surface area contributed by atoms with Crippen molar-refractivity contribution in [2.75, 3.05) is 0 Å². The molecule has 4 nitrogen and oxygen atoms in total. The zero-order valence-electron chi connectivity index (χ0n) is 12.3. The molecular weight excluding hydrogens is 425 g/mol. The number of pyridine rings is 1. The molecule has 0 spiro atoms. The maximum absolute atomic E-state index is 12.4. The number of ether oxygens (including phenoxy) is 1. The first-order valence-corrected chi connectivity index (χ1v) is 8.09. The Hall–Kier alpha value is -2.06. The highest BCUT2D eigenvalue weighted by molar-refractivity contribution is 9.10. The van der Waals surface area contributed by atoms with Crippen molar-refractivity contribution in [2.45, 2.75) is 12.8 Å². The van der Waals surface area contributed by atoms with Crippen molar-refractivity contribution in [2.24, 2.45) is 0 Å². The van der Waals surface area contributed by atoms with E-state index in [1.54, 1.807) is 42.6 Å². The molecule has 2 heterocycles. The van der Waals surface area contributed by atoms with Gasteiger partial charge in [-0.1, -0.05) is 39.7 Å². The van der Waals surface area contributed by atoms with Gasteiger partial charge >= 0.3 is 12.1 Å². The summed E-state index contributed by atoms with van der Waals surface area (Å²) >= 11 is 9.26. The summed E-state index contributed by atoms with van der Waals surface area (Å²) in [6.45, 7) is -0.577. The summed E-state index contributed by atoms with van der Waals surface area (Å²) < 4.78 is 44.0. The number of rotatable bonds is 3. The fourth-order valence-corrected chi connectivity index (χ4v) is 2.68. The molecule has 0 fully saturated rings. The molecule has 0 aliphatic carbocycles. The number of hydrogen-bond acceptors (Lipinski definition) is 3. The molecule has 0 aliphatic heterocycles. The number of imidazole rings is 1. The monoisotopic (exact) mass is 432 g/mol. The number of carbonyl (C=O) groups is 1. The summed E-state index contributed by atoms with van der Waals surface area (Å²) in [5.74, 6) is -2.25. The summed E-state index contributed by atoms with van der Waals surface area (Å²) in [7, 11) is 0. The van der Waals surface area contributed by atoms with Crippen LogP contribution >= 0.6 is 27.5 Å². The van der Waals surface area contributed by atoms with Crippen LogP contribution in [-0.4, -0.2) is 21.5 Å². The smallest absolute Gasteiger partial charge is 0.453 e. The third-order valence-corrected chi connectivity index (χ3v) is 4.14. The quantitative estimate of drug-likeness (QED) is 0.545. The molecule has 0 saturated carbocycles. The molecule has 3 rings (SSSR count). The highest BCUT2D eigenvalue weighted by Gasteiger charge is 2.41. The second-order valence-corrected chi connectivity index (χ2v) is 6.41. The number of halogens is 5. The van der Waals surface area contributed by atoms with E-state index in [1.165, 1.54) is 4.40 Å². The number of nitrogens with zero attached hydrogens (tertiary/aromatic N) is 2. The zero-order valence-corrected chi connectivity index (χ0v) is 14.7. The molecule has 130 valence electrons. The minimum absolute atomic E-state index is 0.312. The Labute approximate surface area is 153 Å². The molecule has 0 aliphatic rings. The molecular formula is C16H9BrClF3N2O2. The maximum Gasteiger partial charge on any atom is 0.490 e. The highest BCUT2D eigenvalue weighted by Crippen LogP contribution is 2.28. The van der Waals surface area contributed by atoms with Crippen molar-refractivity contribution in [1.29, 1.82) is 0 Å². The number of benzene rings is 1. The fraction of sp³-hybridized carbons (Fsp3) is 0.125. The lowest BCUT2D eigenvalue weighted by Gasteiger charge is -2.09. The number of esters is 1. The summed E-state index contributed by atoms with van der Waals surface area (Å²) in [6.07, 6.45) is -3.49. The highest BCUT2D eigenvalue weighted by atomic mass is 79.9. The Morgan fingerprint density at radius 3 is 2.56 bits per heavy atom. The SMILES string of the molecule is O=C(OCc1c(-c2ccc(Br)cc2)nc2cc(Cl)ccn12)C(F)(F)F. The van der Waals surface area contributed by atoms with Crippen molar-refractivity contribution in [3.63, 3.8) is 0 Å². The van der Waals surface area contributed by atoms with Crippen molar-refractivity contribution >= 4 is 39.1 Å². The summed E-state index contributed by atoms with van der Waals surface area (Å²) in [5, 5.41) is 0.429. The van der Waals surface area contributed by atoms with Crippen LogP contribution in [0.1, 0.15) is 5.69 Å². The fourth-order valence-electron chi connectivity index (χ4n) is 2.26. The van der Waals surface area contributed by atoms with Gasteiger partial charge in [-0.15, -0.1) is 0 Å². The Morgan fingerprint density at radius 1 is 1.24 bits per heavy atom. The molecule has 0 amide bonds. The van der Waals surface area contributed by atoms with Crippen LogP contribution in [0.2, 0.25) is 5.02 Å². The van der Waals surface area contributed by atoms with E-state index < -0.39 is 18.8 Å². The maximum atomic E-state index is 12.4. The summed E-state index contributed by atoms with van der Waals surface area (Å²) in [6, 6.07) is 10.2. The number of aromatic nitrogens is 2. The first-order chi connectivity index (χ1) is 11.8. The predicted octanol–water partition coefficient (Wildman–Crippen LogP) is 5.02. The van der Waals surface area contributed by atoms with Gasteiger partial charge in [-0.3, -0.25) is 4.40 Å². The normalized spacial score (nSPS) is 11.7. The Bertz CT molecular complexity index is 939. The van der Waals surface area contributed by atoms with Gasteiger partial charge in [0.25, 0.3) is 0 Å². The molecule has 2 aromatic heterocycles. The molecule has 3 aromatic rings. The van der Waals surface area contributed by atoms with Gasteiger partial charge in [0.1, 0.15) is 12.3 Å². The van der Waals surface area contributed by atoms with E-state index in [0.29, 0.717) is 27.6 Å². The van der Waals surface area contributed by atoms with E-state index in [0.717, 1.165) is 4.47 Å². The van der Waals surface area contributed by atoms with Gasteiger partial charge in [-0.05, 0) is 18.2 Å². The van der Waals surface area contributed by atoms with E-state index in [1.807, 2.05) is 0 Å². The number of hydrogen-bond donors (Lipinski definition) is 0. The van der Waals surface area contributed by atoms with Crippen LogP contribution < -0.4 is 0 Å². The van der Waals surface area contributed by atoms with E-state index in [2.05, 4.69) is 25.7 Å². The Morgan fingerprint density at radius 2 is 1.92 bits per heavy atom. The predicted molar refractivity (Wildman–Crippen MR) is 89.2 cm³/mol. The Kier molecular flexibility index (Phi) is 4.75. The first kappa shape index (κ1) is 17.8. The van der Waals surface area contributed by atoms with Crippen molar-refractivity contribution in [3.05, 3.63) is 57.8 Å². The van der Waals surface area contributed by atoms with E-state index >= 15 is 0 Å². The second kappa shape index (κ2) is 6.68. The van der Waals surface area contributed by atoms with Gasteiger partial charge in [-0.2, -0.15) is 13.2 Å². The number of fused-ring (bicyclic) bond motifs is 1. The van der Waals surface area contributed by atoms with Crippen LogP contribution in [0.5, 0.6) is 0 Å². The van der Waals surface area contributed by atoms with E-state index in [4.69, 9.17) is 11.6 Å². The van der Waals surface area contributed by atoms with Crippen LogP contribution in [-0.2, 0) is 16.1 Å². The molecule has 0 saturated heterocycles. The molecule has 0 unspecified atom stereocenters. The van der Waals surface area contributed by atoms with Crippen LogP contribution in [0, 0.1) is 0 Å². The lowest BCUT2D eigenvalue weighted by molar-refractivity contribution is -0.201. The molecule has 0 bridgehead atoms. The third kappa shape index (κ3) is 3.80. The molecule has 1 aromatic carbocycles. The van der Waals surface area contributed by atoms with Crippen LogP contribution in [0.25, 0.3) is 16.9 Å². The van der Waals surface area contributed by atoms with Gasteiger partial charge in [0.05, 0.1) is 11.4 Å². The first-order valence-electron chi connectivity index (χ1n) is 6.92. The van der Waals surface area contributed by atoms with Crippen molar-refractivity contribution < 1.29 is 22.7 Å². The summed E-state index contributed by atoms with van der Waals surface area (Å²) in [5.41, 5.74) is 1.82. The average molecular weight is 434 g/mol. The molecule has 0 atom stereocenters. The molecule has 0 radical (unpaired) electrons. The lowest BCUT2D eigenvalue weighted by Crippen LogP contribution is -2.25. The standard InChI is InChI=1S/C16H9BrClF3N2O2/c17-10-3-1-9(2-4-10)14-12(8-25-15(24)16(19,20)21)23-6-5-11(18)7-13(23)22-14/h1-7H,8H2. The topological polar surface area (TPSA) is 43.6 Å².